The van der Waals surface area contributed by atoms with Crippen LogP contribution >= 0.6 is 23.1 Å². The molecule has 0 spiro atoms. The SMILES string of the molecule is c1ccc(-c2csc(Sc3nnnn3C3CCCCC3)n2)cc1. The lowest BCUT2D eigenvalue weighted by Crippen LogP contribution is -2.15. The second-order valence-electron chi connectivity index (χ2n) is 5.66. The first-order chi connectivity index (χ1) is 11.4. The van der Waals surface area contributed by atoms with Crippen molar-refractivity contribution in [3.05, 3.63) is 35.7 Å². The van der Waals surface area contributed by atoms with E-state index in [1.54, 1.807) is 23.1 Å². The van der Waals surface area contributed by atoms with Crippen molar-refractivity contribution in [1.82, 2.24) is 25.2 Å². The van der Waals surface area contributed by atoms with Crippen LogP contribution < -0.4 is 0 Å². The minimum Gasteiger partial charge on any atom is -0.229 e. The first kappa shape index (κ1) is 14.8. The summed E-state index contributed by atoms with van der Waals surface area (Å²) in [6.45, 7) is 0. The second-order valence-corrected chi connectivity index (χ2v) is 7.74. The molecule has 1 saturated carbocycles. The number of hydrogen-bond acceptors (Lipinski definition) is 6. The van der Waals surface area contributed by atoms with E-state index >= 15 is 0 Å². The summed E-state index contributed by atoms with van der Waals surface area (Å²) in [5.74, 6) is 0. The number of thiazole rings is 1. The molecule has 0 unspecified atom stereocenters. The van der Waals surface area contributed by atoms with Crippen LogP contribution in [-0.4, -0.2) is 25.2 Å². The van der Waals surface area contributed by atoms with E-state index in [-0.39, 0.29) is 0 Å². The van der Waals surface area contributed by atoms with Crippen molar-refractivity contribution in [2.75, 3.05) is 0 Å². The van der Waals surface area contributed by atoms with E-state index < -0.39 is 0 Å². The van der Waals surface area contributed by atoms with E-state index in [4.69, 9.17) is 4.98 Å². The molecule has 0 amide bonds. The molecule has 4 rings (SSSR count). The molecule has 0 atom stereocenters. The molecule has 2 heterocycles. The van der Waals surface area contributed by atoms with E-state index in [1.807, 2.05) is 22.9 Å². The molecule has 118 valence electrons. The van der Waals surface area contributed by atoms with Crippen LogP contribution in [0.1, 0.15) is 38.1 Å². The fourth-order valence-corrected chi connectivity index (χ4v) is 4.70. The van der Waals surface area contributed by atoms with Crippen molar-refractivity contribution in [3.63, 3.8) is 0 Å². The van der Waals surface area contributed by atoms with Crippen LogP contribution in [0.2, 0.25) is 0 Å². The van der Waals surface area contributed by atoms with Crippen molar-refractivity contribution < 1.29 is 0 Å². The molecule has 2 aromatic heterocycles. The topological polar surface area (TPSA) is 56.5 Å². The molecule has 0 bridgehead atoms. The van der Waals surface area contributed by atoms with Gasteiger partial charge in [-0.25, -0.2) is 9.67 Å². The first-order valence-electron chi connectivity index (χ1n) is 7.87. The van der Waals surface area contributed by atoms with Crippen LogP contribution in [-0.2, 0) is 0 Å². The standard InChI is InChI=1S/C16H17N5S2/c1-3-7-12(8-4-1)14-11-22-16(17-14)23-15-18-19-20-21(15)13-9-5-2-6-10-13/h1,3-4,7-8,11,13H,2,5-6,9-10H2. The van der Waals surface area contributed by atoms with Gasteiger partial charge < -0.3 is 0 Å². The quantitative estimate of drug-likeness (QED) is 0.700. The van der Waals surface area contributed by atoms with Crippen LogP contribution in [0.4, 0.5) is 0 Å². The fourth-order valence-electron chi connectivity index (χ4n) is 2.93. The van der Waals surface area contributed by atoms with Gasteiger partial charge >= 0.3 is 0 Å². The van der Waals surface area contributed by atoms with Crippen LogP contribution in [0.3, 0.4) is 0 Å². The van der Waals surface area contributed by atoms with Crippen molar-refractivity contribution in [1.29, 1.82) is 0 Å². The number of tetrazole rings is 1. The van der Waals surface area contributed by atoms with Gasteiger partial charge in [0, 0.05) is 10.9 Å². The van der Waals surface area contributed by atoms with Gasteiger partial charge in [0.15, 0.2) is 4.34 Å². The van der Waals surface area contributed by atoms with Crippen LogP contribution in [0, 0.1) is 0 Å². The molecule has 0 N–H and O–H groups in total. The van der Waals surface area contributed by atoms with Crippen molar-refractivity contribution in [2.24, 2.45) is 0 Å². The average molecular weight is 343 g/mol. The lowest BCUT2D eigenvalue weighted by molar-refractivity contribution is 0.307. The molecule has 5 nitrogen and oxygen atoms in total. The molecule has 1 fully saturated rings. The lowest BCUT2D eigenvalue weighted by atomic mass is 9.96. The number of rotatable bonds is 4. The highest BCUT2D eigenvalue weighted by Crippen LogP contribution is 2.35. The minimum absolute atomic E-state index is 0.440. The monoisotopic (exact) mass is 343 g/mol. The molecule has 1 aromatic carbocycles. The maximum absolute atomic E-state index is 4.71. The molecule has 7 heteroatoms. The summed E-state index contributed by atoms with van der Waals surface area (Å²) < 4.78 is 2.98. The molecule has 0 aliphatic heterocycles. The predicted octanol–water partition coefficient (Wildman–Crippen LogP) is 4.45. The van der Waals surface area contributed by atoms with Crippen LogP contribution in [0.15, 0.2) is 45.2 Å². The number of nitrogens with zero attached hydrogens (tertiary/aromatic N) is 5. The third kappa shape index (κ3) is 3.30. The molecule has 23 heavy (non-hydrogen) atoms. The maximum atomic E-state index is 4.71. The number of aromatic nitrogens is 5. The van der Waals surface area contributed by atoms with Gasteiger partial charge in [0.1, 0.15) is 0 Å². The van der Waals surface area contributed by atoms with E-state index in [1.165, 1.54) is 32.1 Å². The highest BCUT2D eigenvalue weighted by Gasteiger charge is 2.21. The molecular weight excluding hydrogens is 326 g/mol. The summed E-state index contributed by atoms with van der Waals surface area (Å²) in [7, 11) is 0. The summed E-state index contributed by atoms with van der Waals surface area (Å²) in [5.41, 5.74) is 2.15. The Labute approximate surface area is 143 Å². The minimum atomic E-state index is 0.440. The Morgan fingerprint density at radius 2 is 1.91 bits per heavy atom. The maximum Gasteiger partial charge on any atom is 0.216 e. The Morgan fingerprint density at radius 3 is 2.74 bits per heavy atom. The number of benzene rings is 1. The van der Waals surface area contributed by atoms with Crippen LogP contribution in [0.5, 0.6) is 0 Å². The molecular formula is C16H17N5S2. The smallest absolute Gasteiger partial charge is 0.216 e. The molecule has 0 radical (unpaired) electrons. The third-order valence-electron chi connectivity index (χ3n) is 4.11. The first-order valence-corrected chi connectivity index (χ1v) is 9.56. The third-order valence-corrected chi connectivity index (χ3v) is 6.00. The fraction of sp³-hybridized carbons (Fsp3) is 0.375. The van der Waals surface area contributed by atoms with Gasteiger partial charge in [-0.15, -0.1) is 16.4 Å². The summed E-state index contributed by atoms with van der Waals surface area (Å²) in [5, 5.41) is 15.2. The normalized spacial score (nSPS) is 15.8. The van der Waals surface area contributed by atoms with E-state index in [9.17, 15) is 0 Å². The van der Waals surface area contributed by atoms with Gasteiger partial charge in [-0.05, 0) is 35.0 Å². The van der Waals surface area contributed by atoms with Gasteiger partial charge in [-0.3, -0.25) is 0 Å². The second kappa shape index (κ2) is 6.80. The lowest BCUT2D eigenvalue weighted by Gasteiger charge is -2.21. The van der Waals surface area contributed by atoms with Gasteiger partial charge in [0.25, 0.3) is 0 Å². The summed E-state index contributed by atoms with van der Waals surface area (Å²) >= 11 is 3.21. The predicted molar refractivity (Wildman–Crippen MR) is 91.6 cm³/mol. The number of hydrogen-bond donors (Lipinski definition) is 0. The molecule has 0 saturated heterocycles. The van der Waals surface area contributed by atoms with Gasteiger partial charge in [0.2, 0.25) is 5.16 Å². The van der Waals surface area contributed by atoms with E-state index in [0.29, 0.717) is 6.04 Å². The van der Waals surface area contributed by atoms with Gasteiger partial charge in [0.05, 0.1) is 11.7 Å². The van der Waals surface area contributed by atoms with Crippen molar-refractivity contribution in [3.8, 4) is 11.3 Å². The van der Waals surface area contributed by atoms with Crippen LogP contribution in [0.25, 0.3) is 11.3 Å². The summed E-state index contributed by atoms with van der Waals surface area (Å²) in [4.78, 5) is 4.71. The average Bonchev–Trinajstić information content (AvgIpc) is 3.26. The zero-order valence-corrected chi connectivity index (χ0v) is 14.3. The van der Waals surface area contributed by atoms with Gasteiger partial charge in [-0.2, -0.15) is 0 Å². The van der Waals surface area contributed by atoms with E-state index in [0.717, 1.165) is 20.8 Å². The van der Waals surface area contributed by atoms with Crippen molar-refractivity contribution in [2.45, 2.75) is 47.6 Å². The Hall–Kier alpha value is -1.73. The summed E-state index contributed by atoms with van der Waals surface area (Å²) in [6, 6.07) is 10.7. The van der Waals surface area contributed by atoms with E-state index in [2.05, 4.69) is 33.0 Å². The summed E-state index contributed by atoms with van der Waals surface area (Å²) in [6.07, 6.45) is 6.21. The Kier molecular flexibility index (Phi) is 4.39. The Morgan fingerprint density at radius 1 is 1.09 bits per heavy atom. The molecule has 1 aliphatic carbocycles. The molecule has 3 aromatic rings. The largest absolute Gasteiger partial charge is 0.229 e. The van der Waals surface area contributed by atoms with Gasteiger partial charge in [-0.1, -0.05) is 49.6 Å². The Balaban J connectivity index is 1.53. The molecule has 1 aliphatic rings. The van der Waals surface area contributed by atoms with Crippen molar-refractivity contribution >= 4 is 23.1 Å². The zero-order chi connectivity index (χ0) is 15.5. The highest BCUT2D eigenvalue weighted by molar-refractivity contribution is 8.00. The Bertz CT molecular complexity index is 762. The zero-order valence-electron chi connectivity index (χ0n) is 12.6. The highest BCUT2D eigenvalue weighted by atomic mass is 32.2.